The molecular weight excluding hydrogens is 280 g/mol. The quantitative estimate of drug-likeness (QED) is 0.799. The summed E-state index contributed by atoms with van der Waals surface area (Å²) < 4.78 is 6.52. The van der Waals surface area contributed by atoms with Crippen LogP contribution < -0.4 is 0 Å². The van der Waals surface area contributed by atoms with Crippen molar-refractivity contribution in [2.45, 2.75) is 49.6 Å². The van der Waals surface area contributed by atoms with Gasteiger partial charge in [-0.25, -0.2) is 9.78 Å². The van der Waals surface area contributed by atoms with Gasteiger partial charge in [0.1, 0.15) is 9.94 Å². The van der Waals surface area contributed by atoms with Crippen LogP contribution in [0.2, 0.25) is 0 Å². The van der Waals surface area contributed by atoms with Crippen LogP contribution in [0.15, 0.2) is 15.9 Å². The zero-order valence-electron chi connectivity index (χ0n) is 11.6. The van der Waals surface area contributed by atoms with Crippen LogP contribution in [0.25, 0.3) is 0 Å². The Morgan fingerprint density at radius 3 is 3.05 bits per heavy atom. The fourth-order valence-electron chi connectivity index (χ4n) is 2.02. The van der Waals surface area contributed by atoms with Crippen molar-refractivity contribution < 1.29 is 9.53 Å². The zero-order valence-corrected chi connectivity index (χ0v) is 13.2. The number of likely N-dealkylation sites (tertiary alicyclic amines) is 1. The van der Waals surface area contributed by atoms with Crippen LogP contribution in [-0.2, 0) is 4.74 Å². The Balaban J connectivity index is 1.87. The summed E-state index contributed by atoms with van der Waals surface area (Å²) >= 11 is 3.36. The van der Waals surface area contributed by atoms with Gasteiger partial charge in [0.25, 0.3) is 0 Å². The van der Waals surface area contributed by atoms with Crippen LogP contribution in [-0.4, -0.2) is 39.9 Å². The molecule has 0 saturated carbocycles. The number of amides is 1. The third kappa shape index (κ3) is 4.38. The minimum Gasteiger partial charge on any atom is -0.444 e. The summed E-state index contributed by atoms with van der Waals surface area (Å²) in [6.45, 7) is 6.51. The van der Waals surface area contributed by atoms with E-state index >= 15 is 0 Å². The van der Waals surface area contributed by atoms with Crippen molar-refractivity contribution in [3.05, 3.63) is 11.6 Å². The number of hydrogen-bond donors (Lipinski definition) is 0. The number of thiazole rings is 1. The van der Waals surface area contributed by atoms with Gasteiger partial charge in [0.15, 0.2) is 0 Å². The molecule has 0 N–H and O–H groups in total. The standard InChI is InChI=1S/C13H20N2O2S2/c1-13(2,3)17-12(16)15-7-4-5-10(15)9-19-11-14-6-8-18-11/h6,8,10H,4-5,7,9H2,1-3H3/t10-/m1/s1. The molecule has 0 unspecified atom stereocenters. The molecule has 1 saturated heterocycles. The first-order chi connectivity index (χ1) is 8.96. The number of carbonyl (C=O) groups excluding carboxylic acids is 1. The summed E-state index contributed by atoms with van der Waals surface area (Å²) in [4.78, 5) is 18.2. The molecule has 0 aliphatic carbocycles. The third-order valence-corrected chi connectivity index (χ3v) is 4.92. The Hall–Kier alpha value is -0.750. The highest BCUT2D eigenvalue weighted by Gasteiger charge is 2.32. The van der Waals surface area contributed by atoms with Gasteiger partial charge in [-0.2, -0.15) is 0 Å². The van der Waals surface area contributed by atoms with Gasteiger partial charge in [-0.3, -0.25) is 0 Å². The Morgan fingerprint density at radius 1 is 1.63 bits per heavy atom. The van der Waals surface area contributed by atoms with Crippen molar-refractivity contribution in [1.29, 1.82) is 0 Å². The molecule has 19 heavy (non-hydrogen) atoms. The molecule has 2 heterocycles. The number of thioether (sulfide) groups is 1. The van der Waals surface area contributed by atoms with Crippen molar-refractivity contribution in [3.8, 4) is 0 Å². The van der Waals surface area contributed by atoms with Crippen LogP contribution in [0.3, 0.4) is 0 Å². The number of rotatable bonds is 3. The lowest BCUT2D eigenvalue weighted by atomic mass is 10.2. The minimum absolute atomic E-state index is 0.185. The Morgan fingerprint density at radius 2 is 2.42 bits per heavy atom. The molecule has 1 fully saturated rings. The second-order valence-corrected chi connectivity index (χ2v) is 7.74. The molecule has 1 aromatic heterocycles. The molecule has 4 nitrogen and oxygen atoms in total. The number of carbonyl (C=O) groups is 1. The Bertz CT molecular complexity index is 415. The molecule has 6 heteroatoms. The summed E-state index contributed by atoms with van der Waals surface area (Å²) in [7, 11) is 0. The van der Waals surface area contributed by atoms with E-state index in [2.05, 4.69) is 4.98 Å². The molecule has 0 aromatic carbocycles. The van der Waals surface area contributed by atoms with Crippen molar-refractivity contribution in [2.24, 2.45) is 0 Å². The minimum atomic E-state index is -0.424. The molecule has 1 amide bonds. The summed E-state index contributed by atoms with van der Waals surface area (Å²) in [6, 6.07) is 0.267. The zero-order chi connectivity index (χ0) is 13.9. The number of hydrogen-bond acceptors (Lipinski definition) is 5. The summed E-state index contributed by atoms with van der Waals surface area (Å²) in [6.07, 6.45) is 3.74. The molecular formula is C13H20N2O2S2. The van der Waals surface area contributed by atoms with Crippen molar-refractivity contribution in [2.75, 3.05) is 12.3 Å². The fraction of sp³-hybridized carbons (Fsp3) is 0.692. The van der Waals surface area contributed by atoms with Gasteiger partial charge in [-0.15, -0.1) is 11.3 Å². The highest BCUT2D eigenvalue weighted by atomic mass is 32.2. The van der Waals surface area contributed by atoms with E-state index in [4.69, 9.17) is 4.74 Å². The molecule has 1 atom stereocenters. The van der Waals surface area contributed by atoms with Gasteiger partial charge < -0.3 is 9.64 Å². The average Bonchev–Trinajstić information content (AvgIpc) is 2.95. The van der Waals surface area contributed by atoms with Crippen LogP contribution in [0.4, 0.5) is 4.79 Å². The van der Waals surface area contributed by atoms with Crippen molar-refractivity contribution >= 4 is 29.2 Å². The van der Waals surface area contributed by atoms with Crippen molar-refractivity contribution in [3.63, 3.8) is 0 Å². The van der Waals surface area contributed by atoms with Crippen LogP contribution in [0.1, 0.15) is 33.6 Å². The monoisotopic (exact) mass is 300 g/mol. The summed E-state index contributed by atoms with van der Waals surface area (Å²) in [5.41, 5.74) is -0.424. The fourth-order valence-corrected chi connectivity index (χ4v) is 3.84. The van der Waals surface area contributed by atoms with Crippen LogP contribution >= 0.6 is 23.1 Å². The first-order valence-electron chi connectivity index (χ1n) is 6.47. The van der Waals surface area contributed by atoms with Gasteiger partial charge in [0, 0.05) is 29.9 Å². The molecule has 1 aliphatic heterocycles. The number of aromatic nitrogens is 1. The first-order valence-corrected chi connectivity index (χ1v) is 8.34. The SMILES string of the molecule is CC(C)(C)OC(=O)N1CCC[C@@H]1CSc1nccs1. The molecule has 1 aliphatic rings. The lowest BCUT2D eigenvalue weighted by Crippen LogP contribution is -2.40. The van der Waals surface area contributed by atoms with Gasteiger partial charge in [0.05, 0.1) is 0 Å². The normalized spacial score (nSPS) is 19.7. The maximum atomic E-state index is 12.1. The molecule has 1 aromatic rings. The van der Waals surface area contributed by atoms with Gasteiger partial charge in [0.2, 0.25) is 0 Å². The largest absolute Gasteiger partial charge is 0.444 e. The lowest BCUT2D eigenvalue weighted by molar-refractivity contribution is 0.0242. The van der Waals surface area contributed by atoms with Crippen LogP contribution in [0.5, 0.6) is 0 Å². The van der Waals surface area contributed by atoms with Crippen LogP contribution in [0, 0.1) is 0 Å². The van der Waals surface area contributed by atoms with E-state index in [1.54, 1.807) is 23.1 Å². The van der Waals surface area contributed by atoms with Gasteiger partial charge >= 0.3 is 6.09 Å². The second-order valence-electron chi connectivity index (χ2n) is 5.58. The predicted molar refractivity (Wildman–Crippen MR) is 78.8 cm³/mol. The Kier molecular flexibility index (Phi) is 4.73. The molecule has 0 radical (unpaired) electrons. The second kappa shape index (κ2) is 6.13. The van der Waals surface area contributed by atoms with E-state index in [0.29, 0.717) is 0 Å². The maximum absolute atomic E-state index is 12.1. The molecule has 106 valence electrons. The van der Waals surface area contributed by atoms with Gasteiger partial charge in [-0.1, -0.05) is 11.8 Å². The van der Waals surface area contributed by atoms with E-state index in [0.717, 1.165) is 29.5 Å². The van der Waals surface area contributed by atoms with E-state index in [1.165, 1.54) is 0 Å². The summed E-state index contributed by atoms with van der Waals surface area (Å²) in [5.74, 6) is 0.896. The lowest BCUT2D eigenvalue weighted by Gasteiger charge is -2.28. The van der Waals surface area contributed by atoms with E-state index in [9.17, 15) is 4.79 Å². The average molecular weight is 300 g/mol. The summed E-state index contributed by atoms with van der Waals surface area (Å²) in [5, 5.41) is 1.97. The van der Waals surface area contributed by atoms with Crippen molar-refractivity contribution in [1.82, 2.24) is 9.88 Å². The maximum Gasteiger partial charge on any atom is 0.410 e. The topological polar surface area (TPSA) is 42.4 Å². The van der Waals surface area contributed by atoms with Gasteiger partial charge in [-0.05, 0) is 33.6 Å². The van der Waals surface area contributed by atoms with E-state index < -0.39 is 5.60 Å². The van der Waals surface area contributed by atoms with E-state index in [-0.39, 0.29) is 12.1 Å². The molecule has 0 spiro atoms. The molecule has 0 bridgehead atoms. The smallest absolute Gasteiger partial charge is 0.410 e. The first kappa shape index (κ1) is 14.7. The highest BCUT2D eigenvalue weighted by molar-refractivity contribution is 8.01. The number of ether oxygens (including phenoxy) is 1. The number of nitrogens with zero attached hydrogens (tertiary/aromatic N) is 2. The molecule has 2 rings (SSSR count). The third-order valence-electron chi connectivity index (χ3n) is 2.81. The van der Waals surface area contributed by atoms with E-state index in [1.807, 2.05) is 37.2 Å². The highest BCUT2D eigenvalue weighted by Crippen LogP contribution is 2.28. The predicted octanol–water partition coefficient (Wildman–Crippen LogP) is 3.63. The Labute approximate surface area is 122 Å².